The third kappa shape index (κ3) is 5.11. The maximum atomic E-state index is 12.6. The Morgan fingerprint density at radius 2 is 2.03 bits per heavy atom. The number of non-ortho nitro benzene ring substituents is 1. The number of rotatable bonds is 7. The van der Waals surface area contributed by atoms with Crippen LogP contribution in [0.4, 0.5) is 17.1 Å². The number of hydrogen-bond acceptors (Lipinski definition) is 6. The second kappa shape index (κ2) is 9.37. The molecule has 2 N–H and O–H groups in total. The second-order valence-electron chi connectivity index (χ2n) is 6.60. The van der Waals surface area contributed by atoms with Gasteiger partial charge in [0.2, 0.25) is 0 Å². The summed E-state index contributed by atoms with van der Waals surface area (Å²) in [4.78, 5) is 23.1. The Hall–Kier alpha value is -3.86. The largest absolute Gasteiger partial charge is 0.495 e. The van der Waals surface area contributed by atoms with Crippen molar-refractivity contribution in [3.63, 3.8) is 0 Å². The van der Waals surface area contributed by atoms with E-state index in [1.807, 2.05) is 45.0 Å². The predicted molar refractivity (Wildman–Crippen MR) is 111 cm³/mol. The first-order valence-electron chi connectivity index (χ1n) is 8.88. The minimum Gasteiger partial charge on any atom is -0.495 e. The summed E-state index contributed by atoms with van der Waals surface area (Å²) < 4.78 is 5.16. The number of carbonyl (C=O) groups excluding carboxylic acids is 1. The summed E-state index contributed by atoms with van der Waals surface area (Å²) in [6.45, 7) is 5.91. The Bertz CT molecular complexity index is 1010. The van der Waals surface area contributed by atoms with E-state index in [0.29, 0.717) is 11.4 Å². The molecule has 2 aromatic rings. The Balaban J connectivity index is 2.30. The summed E-state index contributed by atoms with van der Waals surface area (Å²) in [5, 5.41) is 25.9. The normalized spacial score (nSPS) is 11.0. The smallest absolute Gasteiger partial charge is 0.271 e. The van der Waals surface area contributed by atoms with Crippen molar-refractivity contribution >= 4 is 23.0 Å². The summed E-state index contributed by atoms with van der Waals surface area (Å²) in [6, 6.07) is 11.6. The Labute approximate surface area is 169 Å². The number of anilines is 2. The van der Waals surface area contributed by atoms with E-state index < -0.39 is 10.8 Å². The maximum Gasteiger partial charge on any atom is 0.271 e. The lowest BCUT2D eigenvalue weighted by Crippen LogP contribution is -2.17. The van der Waals surface area contributed by atoms with Crippen molar-refractivity contribution in [2.45, 2.75) is 26.7 Å². The minimum atomic E-state index is -0.583. The standard InChI is InChI=1S/C21H22N4O4/c1-13(2)17-7-5-6-14(3)20(17)24-21(26)15(11-22)12-23-18-10-16(25(27)28)8-9-19(18)29-4/h5-10,12-13,23H,1-4H3,(H,24,26)/b15-12-. The number of nitrogens with zero attached hydrogens (tertiary/aromatic N) is 2. The molecule has 0 unspecified atom stereocenters. The highest BCUT2D eigenvalue weighted by Crippen LogP contribution is 2.30. The van der Waals surface area contributed by atoms with E-state index in [2.05, 4.69) is 10.6 Å². The SMILES string of the molecule is COc1ccc([N+](=O)[O-])cc1N/C=C(/C#N)C(=O)Nc1c(C)cccc1C(C)C. The second-order valence-corrected chi connectivity index (χ2v) is 6.60. The summed E-state index contributed by atoms with van der Waals surface area (Å²) >= 11 is 0. The molecule has 0 saturated carbocycles. The van der Waals surface area contributed by atoms with Crippen LogP contribution < -0.4 is 15.4 Å². The lowest BCUT2D eigenvalue weighted by atomic mass is 9.98. The molecule has 0 aliphatic heterocycles. The van der Waals surface area contributed by atoms with Crippen LogP contribution >= 0.6 is 0 Å². The van der Waals surface area contributed by atoms with E-state index in [-0.39, 0.29) is 22.9 Å². The third-order valence-electron chi connectivity index (χ3n) is 4.30. The topological polar surface area (TPSA) is 117 Å². The van der Waals surface area contributed by atoms with Gasteiger partial charge in [-0.15, -0.1) is 0 Å². The molecular formula is C21H22N4O4. The van der Waals surface area contributed by atoms with Gasteiger partial charge in [0.05, 0.1) is 17.7 Å². The van der Waals surface area contributed by atoms with Gasteiger partial charge in [-0.05, 0) is 30.0 Å². The molecule has 0 spiro atoms. The van der Waals surface area contributed by atoms with Crippen molar-refractivity contribution in [2.24, 2.45) is 0 Å². The number of hydrogen-bond donors (Lipinski definition) is 2. The van der Waals surface area contributed by atoms with Gasteiger partial charge in [0.15, 0.2) is 0 Å². The molecule has 0 aliphatic carbocycles. The number of amides is 1. The Morgan fingerprint density at radius 1 is 1.31 bits per heavy atom. The number of aryl methyl sites for hydroxylation is 1. The Morgan fingerprint density at radius 3 is 2.62 bits per heavy atom. The van der Waals surface area contributed by atoms with Crippen LogP contribution in [0.3, 0.4) is 0 Å². The molecule has 0 radical (unpaired) electrons. The lowest BCUT2D eigenvalue weighted by molar-refractivity contribution is -0.384. The molecule has 2 rings (SSSR count). The van der Waals surface area contributed by atoms with E-state index >= 15 is 0 Å². The van der Waals surface area contributed by atoms with Crippen molar-refractivity contribution in [3.8, 4) is 11.8 Å². The van der Waals surface area contributed by atoms with Crippen LogP contribution in [0.15, 0.2) is 48.2 Å². The number of ether oxygens (including phenoxy) is 1. The van der Waals surface area contributed by atoms with Crippen molar-refractivity contribution < 1.29 is 14.5 Å². The number of benzene rings is 2. The zero-order valence-corrected chi connectivity index (χ0v) is 16.6. The highest BCUT2D eigenvalue weighted by molar-refractivity contribution is 6.07. The first-order chi connectivity index (χ1) is 13.8. The van der Waals surface area contributed by atoms with E-state index in [1.165, 1.54) is 31.5 Å². The first kappa shape index (κ1) is 21.4. The van der Waals surface area contributed by atoms with Crippen LogP contribution in [0.5, 0.6) is 5.75 Å². The third-order valence-corrected chi connectivity index (χ3v) is 4.30. The summed E-state index contributed by atoms with van der Waals surface area (Å²) in [5.41, 5.74) is 2.45. The van der Waals surface area contributed by atoms with Gasteiger partial charge in [0.25, 0.3) is 11.6 Å². The molecule has 8 heteroatoms. The van der Waals surface area contributed by atoms with E-state index in [1.54, 1.807) is 0 Å². The molecular weight excluding hydrogens is 372 g/mol. The molecule has 29 heavy (non-hydrogen) atoms. The van der Waals surface area contributed by atoms with Gasteiger partial charge >= 0.3 is 0 Å². The highest BCUT2D eigenvalue weighted by atomic mass is 16.6. The number of nitro benzene ring substituents is 1. The minimum absolute atomic E-state index is 0.147. The van der Waals surface area contributed by atoms with Crippen molar-refractivity contribution in [1.29, 1.82) is 5.26 Å². The number of nitriles is 1. The number of nitro groups is 1. The number of nitrogens with one attached hydrogen (secondary N) is 2. The summed E-state index contributed by atoms with van der Waals surface area (Å²) in [7, 11) is 1.42. The van der Waals surface area contributed by atoms with Gasteiger partial charge in [0, 0.05) is 24.0 Å². The van der Waals surface area contributed by atoms with Gasteiger partial charge in [-0.2, -0.15) is 5.26 Å². The van der Waals surface area contributed by atoms with Crippen molar-refractivity contribution in [1.82, 2.24) is 0 Å². The van der Waals surface area contributed by atoms with Crippen LogP contribution in [-0.4, -0.2) is 17.9 Å². The van der Waals surface area contributed by atoms with Gasteiger partial charge in [0.1, 0.15) is 17.4 Å². The fourth-order valence-corrected chi connectivity index (χ4v) is 2.74. The number of para-hydroxylation sites is 1. The van der Waals surface area contributed by atoms with Gasteiger partial charge in [-0.3, -0.25) is 14.9 Å². The molecule has 0 aromatic heterocycles. The van der Waals surface area contributed by atoms with Crippen molar-refractivity contribution in [3.05, 3.63) is 69.4 Å². The van der Waals surface area contributed by atoms with Crippen LogP contribution in [0.1, 0.15) is 30.9 Å². The van der Waals surface area contributed by atoms with Crippen LogP contribution in [0, 0.1) is 28.4 Å². The molecule has 2 aromatic carbocycles. The van der Waals surface area contributed by atoms with Crippen LogP contribution in [0.25, 0.3) is 0 Å². The van der Waals surface area contributed by atoms with E-state index in [4.69, 9.17) is 4.74 Å². The number of carbonyl (C=O) groups is 1. The van der Waals surface area contributed by atoms with Crippen LogP contribution in [-0.2, 0) is 4.79 Å². The zero-order valence-electron chi connectivity index (χ0n) is 16.6. The van der Waals surface area contributed by atoms with E-state index in [9.17, 15) is 20.2 Å². The van der Waals surface area contributed by atoms with Gasteiger partial charge in [-0.25, -0.2) is 0 Å². The quantitative estimate of drug-likeness (QED) is 0.309. The molecule has 0 atom stereocenters. The molecule has 0 saturated heterocycles. The van der Waals surface area contributed by atoms with Gasteiger partial charge < -0.3 is 15.4 Å². The predicted octanol–water partition coefficient (Wildman–Crippen LogP) is 4.49. The molecule has 1 amide bonds. The molecule has 150 valence electrons. The molecule has 0 fully saturated rings. The fourth-order valence-electron chi connectivity index (χ4n) is 2.74. The molecule has 0 aliphatic rings. The molecule has 0 bridgehead atoms. The highest BCUT2D eigenvalue weighted by Gasteiger charge is 2.16. The molecule has 0 heterocycles. The van der Waals surface area contributed by atoms with Crippen molar-refractivity contribution in [2.75, 3.05) is 17.7 Å². The average molecular weight is 394 g/mol. The van der Waals surface area contributed by atoms with E-state index in [0.717, 1.165) is 11.1 Å². The first-order valence-corrected chi connectivity index (χ1v) is 8.88. The zero-order chi connectivity index (χ0) is 21.6. The lowest BCUT2D eigenvalue weighted by Gasteiger charge is -2.16. The average Bonchev–Trinajstić information content (AvgIpc) is 2.69. The summed E-state index contributed by atoms with van der Waals surface area (Å²) in [5.74, 6) is -0.0573. The van der Waals surface area contributed by atoms with Gasteiger partial charge in [-0.1, -0.05) is 32.0 Å². The Kier molecular flexibility index (Phi) is 6.93. The summed E-state index contributed by atoms with van der Waals surface area (Å²) in [6.07, 6.45) is 1.20. The fraction of sp³-hybridized carbons (Fsp3) is 0.238. The van der Waals surface area contributed by atoms with Crippen LogP contribution in [0.2, 0.25) is 0 Å². The molecule has 8 nitrogen and oxygen atoms in total. The maximum absolute atomic E-state index is 12.6. The number of methoxy groups -OCH3 is 1. The monoisotopic (exact) mass is 394 g/mol.